The van der Waals surface area contributed by atoms with E-state index in [4.69, 9.17) is 4.74 Å². The third-order valence-corrected chi connectivity index (χ3v) is 2.64. The third kappa shape index (κ3) is 7.72. The zero-order valence-electron chi connectivity index (χ0n) is 10.2. The summed E-state index contributed by atoms with van der Waals surface area (Å²) in [5.41, 5.74) is -0.507. The minimum atomic E-state index is -0.507. The Hall–Kier alpha value is -0.530. The van der Waals surface area contributed by atoms with E-state index in [2.05, 4.69) is 27.9 Å². The fourth-order valence-corrected chi connectivity index (χ4v) is 1.22. The lowest BCUT2D eigenvalue weighted by Gasteiger charge is -2.20. The molecular formula is C10H19IN2O3. The third-order valence-electron chi connectivity index (χ3n) is 1.61. The van der Waals surface area contributed by atoms with Crippen LogP contribution < -0.4 is 5.32 Å². The molecule has 0 aliphatic heterocycles. The van der Waals surface area contributed by atoms with E-state index in [9.17, 15) is 9.59 Å². The quantitative estimate of drug-likeness (QED) is 0.481. The number of nitrogens with one attached hydrogen (secondary N) is 1. The number of hydrogen-bond acceptors (Lipinski definition) is 3. The molecule has 0 aromatic heterocycles. The molecule has 0 spiro atoms. The van der Waals surface area contributed by atoms with Gasteiger partial charge in [0.05, 0.1) is 4.55 Å². The molecule has 0 bridgehead atoms. The fourth-order valence-electron chi connectivity index (χ4n) is 0.843. The van der Waals surface area contributed by atoms with Crippen LogP contribution in [0.4, 0.5) is 4.79 Å². The number of alkyl halides is 1. The molecule has 0 unspecified atom stereocenters. The first kappa shape index (κ1) is 15.5. The summed E-state index contributed by atoms with van der Waals surface area (Å²) < 4.78 is 5.67. The monoisotopic (exact) mass is 342 g/mol. The Labute approximate surface area is 110 Å². The highest BCUT2D eigenvalue weighted by molar-refractivity contribution is 14.1. The van der Waals surface area contributed by atoms with Crippen LogP contribution in [0.3, 0.4) is 0 Å². The van der Waals surface area contributed by atoms with Crippen LogP contribution in [0.25, 0.3) is 0 Å². The topological polar surface area (TPSA) is 58.6 Å². The summed E-state index contributed by atoms with van der Waals surface area (Å²) in [5, 5.41) is 2.54. The molecule has 6 heteroatoms. The average Bonchev–Trinajstić information content (AvgIpc) is 2.13. The molecule has 94 valence electrons. The molecule has 0 saturated heterocycles. The van der Waals surface area contributed by atoms with E-state index in [1.165, 1.54) is 0 Å². The van der Waals surface area contributed by atoms with Crippen LogP contribution in [0, 0.1) is 0 Å². The Morgan fingerprint density at radius 2 is 1.94 bits per heavy atom. The van der Waals surface area contributed by atoms with E-state index in [0.717, 1.165) is 0 Å². The van der Waals surface area contributed by atoms with Crippen LogP contribution >= 0.6 is 22.6 Å². The van der Waals surface area contributed by atoms with Crippen molar-refractivity contribution in [3.8, 4) is 0 Å². The van der Waals surface area contributed by atoms with E-state index in [1.54, 1.807) is 32.7 Å². The molecule has 0 rings (SSSR count). The minimum Gasteiger partial charge on any atom is -0.444 e. The number of nitrogens with zero attached hydrogens (tertiary/aromatic N) is 1. The highest BCUT2D eigenvalue weighted by atomic mass is 127. The highest BCUT2D eigenvalue weighted by Gasteiger charge is 2.16. The molecule has 0 atom stereocenters. The van der Waals surface area contributed by atoms with Crippen LogP contribution in [-0.2, 0) is 9.53 Å². The van der Waals surface area contributed by atoms with Crippen molar-refractivity contribution in [1.82, 2.24) is 10.2 Å². The Morgan fingerprint density at radius 1 is 1.38 bits per heavy atom. The lowest BCUT2D eigenvalue weighted by molar-refractivity contribution is -0.128. The van der Waals surface area contributed by atoms with Crippen LogP contribution in [-0.4, -0.2) is 40.6 Å². The molecule has 5 nitrogen and oxygen atoms in total. The molecule has 0 aliphatic rings. The maximum atomic E-state index is 11.4. The second-order valence-corrected chi connectivity index (χ2v) is 5.07. The van der Waals surface area contributed by atoms with Crippen molar-refractivity contribution in [1.29, 1.82) is 0 Å². The lowest BCUT2D eigenvalue weighted by atomic mass is 10.2. The smallest absolute Gasteiger partial charge is 0.407 e. The second-order valence-electron chi connectivity index (χ2n) is 4.39. The molecule has 16 heavy (non-hydrogen) atoms. The van der Waals surface area contributed by atoms with Gasteiger partial charge in [0.25, 0.3) is 0 Å². The van der Waals surface area contributed by atoms with Gasteiger partial charge in [-0.1, -0.05) is 22.6 Å². The largest absolute Gasteiger partial charge is 0.444 e. The van der Waals surface area contributed by atoms with Gasteiger partial charge in [0.2, 0.25) is 5.91 Å². The maximum Gasteiger partial charge on any atom is 0.407 e. The fraction of sp³-hybridized carbons (Fsp3) is 0.800. The number of halogens is 1. The van der Waals surface area contributed by atoms with Gasteiger partial charge in [0.15, 0.2) is 0 Å². The van der Waals surface area contributed by atoms with Crippen molar-refractivity contribution in [2.75, 3.05) is 18.1 Å². The summed E-state index contributed by atoms with van der Waals surface area (Å²) >= 11 is 2.10. The molecular weight excluding hydrogens is 323 g/mol. The van der Waals surface area contributed by atoms with Crippen LogP contribution in [0.5, 0.6) is 0 Å². The molecule has 0 saturated carbocycles. The van der Waals surface area contributed by atoms with Crippen LogP contribution in [0.15, 0.2) is 0 Å². The predicted molar refractivity (Wildman–Crippen MR) is 70.5 cm³/mol. The van der Waals surface area contributed by atoms with Crippen LogP contribution in [0.2, 0.25) is 0 Å². The standard InChI is InChI=1S/C10H19IN2O3/c1-10(2,3)16-9(15)12-6-5-8(14)13(4)7-11/h5-7H2,1-4H3,(H,12,15). The van der Waals surface area contributed by atoms with E-state index in [-0.39, 0.29) is 5.91 Å². The molecule has 0 fully saturated rings. The van der Waals surface area contributed by atoms with Crippen LogP contribution in [0.1, 0.15) is 27.2 Å². The summed E-state index contributed by atoms with van der Waals surface area (Å²) in [7, 11) is 1.72. The Morgan fingerprint density at radius 3 is 2.38 bits per heavy atom. The van der Waals surface area contributed by atoms with Gasteiger partial charge in [-0.2, -0.15) is 0 Å². The van der Waals surface area contributed by atoms with E-state index in [0.29, 0.717) is 17.5 Å². The zero-order valence-corrected chi connectivity index (χ0v) is 12.3. The molecule has 0 heterocycles. The number of ether oxygens (including phenoxy) is 1. The zero-order chi connectivity index (χ0) is 12.8. The van der Waals surface area contributed by atoms with Gasteiger partial charge in [-0.15, -0.1) is 0 Å². The van der Waals surface area contributed by atoms with Gasteiger partial charge in [-0.25, -0.2) is 4.79 Å². The summed E-state index contributed by atoms with van der Waals surface area (Å²) in [4.78, 5) is 24.2. The number of rotatable bonds is 4. The van der Waals surface area contributed by atoms with Crippen molar-refractivity contribution < 1.29 is 14.3 Å². The number of hydrogen-bond donors (Lipinski definition) is 1. The first-order valence-electron chi connectivity index (χ1n) is 5.03. The molecule has 2 amide bonds. The van der Waals surface area contributed by atoms with Crippen molar-refractivity contribution in [3.63, 3.8) is 0 Å². The van der Waals surface area contributed by atoms with Gasteiger partial charge in [0.1, 0.15) is 5.60 Å². The number of carbonyl (C=O) groups is 2. The number of carbonyl (C=O) groups excluding carboxylic acids is 2. The predicted octanol–water partition coefficient (Wildman–Crippen LogP) is 1.75. The van der Waals surface area contributed by atoms with E-state index in [1.807, 2.05) is 0 Å². The van der Waals surface area contributed by atoms with E-state index < -0.39 is 11.7 Å². The number of amides is 2. The van der Waals surface area contributed by atoms with Gasteiger partial charge < -0.3 is 15.0 Å². The Kier molecular flexibility index (Phi) is 6.70. The molecule has 0 aromatic carbocycles. The Bertz CT molecular complexity index is 251. The first-order valence-corrected chi connectivity index (χ1v) is 6.55. The number of alkyl carbamates (subject to hydrolysis) is 1. The lowest BCUT2D eigenvalue weighted by Crippen LogP contribution is -2.35. The normalized spacial score (nSPS) is 10.8. The maximum absolute atomic E-state index is 11.4. The van der Waals surface area contributed by atoms with Crippen molar-refractivity contribution >= 4 is 34.6 Å². The van der Waals surface area contributed by atoms with Gasteiger partial charge in [0, 0.05) is 20.0 Å². The van der Waals surface area contributed by atoms with Gasteiger partial charge >= 0.3 is 6.09 Å². The van der Waals surface area contributed by atoms with Crippen molar-refractivity contribution in [3.05, 3.63) is 0 Å². The van der Waals surface area contributed by atoms with Gasteiger partial charge in [-0.05, 0) is 20.8 Å². The molecule has 1 N–H and O–H groups in total. The SMILES string of the molecule is CN(CI)C(=O)CCNC(=O)OC(C)(C)C. The summed E-state index contributed by atoms with van der Waals surface area (Å²) in [6.45, 7) is 5.68. The van der Waals surface area contributed by atoms with Crippen molar-refractivity contribution in [2.24, 2.45) is 0 Å². The Balaban J connectivity index is 3.75. The summed E-state index contributed by atoms with van der Waals surface area (Å²) in [5.74, 6) is 0.00505. The molecule has 0 aliphatic carbocycles. The molecule has 0 aromatic rings. The minimum absolute atomic E-state index is 0.00505. The second kappa shape index (κ2) is 6.93. The van der Waals surface area contributed by atoms with E-state index >= 15 is 0 Å². The highest BCUT2D eigenvalue weighted by Crippen LogP contribution is 2.06. The summed E-state index contributed by atoms with van der Waals surface area (Å²) in [6, 6.07) is 0. The van der Waals surface area contributed by atoms with Gasteiger partial charge in [-0.3, -0.25) is 4.79 Å². The first-order chi connectivity index (χ1) is 7.26. The summed E-state index contributed by atoms with van der Waals surface area (Å²) in [6.07, 6.45) is -0.198. The molecule has 0 radical (unpaired) electrons. The average molecular weight is 342 g/mol. The van der Waals surface area contributed by atoms with Crippen molar-refractivity contribution in [2.45, 2.75) is 32.8 Å².